The zero-order valence-electron chi connectivity index (χ0n) is 15.3. The van der Waals surface area contributed by atoms with Gasteiger partial charge in [-0.2, -0.15) is 0 Å². The molecule has 0 aliphatic heterocycles. The number of fused-ring (bicyclic) bond motifs is 1. The highest BCUT2D eigenvalue weighted by Gasteiger charge is 2.15. The summed E-state index contributed by atoms with van der Waals surface area (Å²) in [4.78, 5) is 0. The number of benzene rings is 3. The summed E-state index contributed by atoms with van der Waals surface area (Å²) in [7, 11) is 0. The second kappa shape index (κ2) is 7.80. The number of hydrogen-bond donors (Lipinski definition) is 0. The third kappa shape index (κ3) is 3.53. The third-order valence-corrected chi connectivity index (χ3v) is 5.67. The van der Waals surface area contributed by atoms with Gasteiger partial charge in [-0.25, -0.2) is 0 Å². The molecule has 3 nitrogen and oxygen atoms in total. The van der Waals surface area contributed by atoms with E-state index in [-0.39, 0.29) is 0 Å². The molecule has 0 atom stereocenters. The molecule has 4 rings (SSSR count). The highest BCUT2D eigenvalue weighted by atomic mass is 32.2. The Morgan fingerprint density at radius 2 is 1.74 bits per heavy atom. The Balaban J connectivity index is 1.66. The van der Waals surface area contributed by atoms with E-state index in [1.165, 1.54) is 21.9 Å². The molecule has 0 spiro atoms. The van der Waals surface area contributed by atoms with Crippen LogP contribution in [0.25, 0.3) is 22.2 Å². The molecule has 1 heterocycles. The molecular weight excluding hydrogens is 350 g/mol. The number of hydrogen-bond acceptors (Lipinski definition) is 3. The Hall–Kier alpha value is -2.85. The minimum atomic E-state index is 0.689. The van der Waals surface area contributed by atoms with Gasteiger partial charge in [-0.15, -0.1) is 16.8 Å². The normalized spacial score (nSPS) is 11.0. The van der Waals surface area contributed by atoms with Crippen molar-refractivity contribution < 1.29 is 0 Å². The summed E-state index contributed by atoms with van der Waals surface area (Å²) in [6, 6.07) is 23.2. The van der Waals surface area contributed by atoms with Gasteiger partial charge in [0.05, 0.1) is 0 Å². The molecular formula is C23H21N3S. The van der Waals surface area contributed by atoms with Crippen LogP contribution in [0.5, 0.6) is 0 Å². The lowest BCUT2D eigenvalue weighted by atomic mass is 10.1. The number of rotatable bonds is 6. The van der Waals surface area contributed by atoms with Crippen molar-refractivity contribution in [1.82, 2.24) is 14.8 Å². The van der Waals surface area contributed by atoms with Crippen LogP contribution in [0.2, 0.25) is 0 Å². The van der Waals surface area contributed by atoms with Crippen molar-refractivity contribution in [3.63, 3.8) is 0 Å². The van der Waals surface area contributed by atoms with Crippen molar-refractivity contribution in [2.24, 2.45) is 0 Å². The van der Waals surface area contributed by atoms with Gasteiger partial charge in [-0.1, -0.05) is 84.6 Å². The lowest BCUT2D eigenvalue weighted by Gasteiger charge is -2.10. The zero-order chi connectivity index (χ0) is 18.6. The molecule has 0 fully saturated rings. The van der Waals surface area contributed by atoms with Crippen LogP contribution < -0.4 is 0 Å². The van der Waals surface area contributed by atoms with Gasteiger partial charge in [-0.3, -0.25) is 4.57 Å². The van der Waals surface area contributed by atoms with Gasteiger partial charge < -0.3 is 0 Å². The molecule has 4 heteroatoms. The highest BCUT2D eigenvalue weighted by Crippen LogP contribution is 2.30. The highest BCUT2D eigenvalue weighted by molar-refractivity contribution is 7.98. The smallest absolute Gasteiger partial charge is 0.192 e. The first-order valence-electron chi connectivity index (χ1n) is 8.97. The van der Waals surface area contributed by atoms with E-state index in [1.807, 2.05) is 18.2 Å². The summed E-state index contributed by atoms with van der Waals surface area (Å²) in [5, 5.41) is 12.4. The molecule has 3 aromatic carbocycles. The molecule has 0 saturated heterocycles. The van der Waals surface area contributed by atoms with Crippen molar-refractivity contribution >= 4 is 22.5 Å². The van der Waals surface area contributed by atoms with Gasteiger partial charge in [0.2, 0.25) is 0 Å². The van der Waals surface area contributed by atoms with Gasteiger partial charge >= 0.3 is 0 Å². The minimum absolute atomic E-state index is 0.689. The van der Waals surface area contributed by atoms with E-state index in [4.69, 9.17) is 0 Å². The maximum absolute atomic E-state index is 4.48. The molecule has 0 N–H and O–H groups in total. The van der Waals surface area contributed by atoms with Gasteiger partial charge in [0.15, 0.2) is 11.0 Å². The average Bonchev–Trinajstić information content (AvgIpc) is 3.09. The molecule has 0 unspecified atom stereocenters. The van der Waals surface area contributed by atoms with E-state index in [1.54, 1.807) is 11.8 Å². The van der Waals surface area contributed by atoms with Crippen LogP contribution in [-0.2, 0) is 12.3 Å². The Bertz CT molecular complexity index is 1090. The van der Waals surface area contributed by atoms with Crippen LogP contribution in [0.4, 0.5) is 0 Å². The monoisotopic (exact) mass is 371 g/mol. The third-order valence-electron chi connectivity index (χ3n) is 4.65. The second-order valence-corrected chi connectivity index (χ2v) is 7.39. The summed E-state index contributed by atoms with van der Waals surface area (Å²) in [6.45, 7) is 6.70. The summed E-state index contributed by atoms with van der Waals surface area (Å²) in [5.41, 5.74) is 3.62. The molecule has 4 aromatic rings. The topological polar surface area (TPSA) is 30.7 Å². The predicted octanol–water partition coefficient (Wildman–Crippen LogP) is 5.89. The number of allylic oxidation sites excluding steroid dienone is 1. The summed E-state index contributed by atoms with van der Waals surface area (Å²) >= 11 is 1.72. The fraction of sp³-hybridized carbons (Fsp3) is 0.130. The maximum atomic E-state index is 4.48. The first-order valence-corrected chi connectivity index (χ1v) is 9.96. The average molecular weight is 372 g/mol. The number of thioether (sulfide) groups is 1. The molecule has 27 heavy (non-hydrogen) atoms. The van der Waals surface area contributed by atoms with E-state index in [0.29, 0.717) is 6.54 Å². The molecule has 134 valence electrons. The quantitative estimate of drug-likeness (QED) is 0.313. The lowest BCUT2D eigenvalue weighted by Crippen LogP contribution is -2.01. The zero-order valence-corrected chi connectivity index (χ0v) is 16.1. The summed E-state index contributed by atoms with van der Waals surface area (Å²) in [6.07, 6.45) is 1.90. The Morgan fingerprint density at radius 3 is 2.59 bits per heavy atom. The second-order valence-electron chi connectivity index (χ2n) is 6.45. The molecule has 0 amide bonds. The fourth-order valence-electron chi connectivity index (χ4n) is 3.27. The van der Waals surface area contributed by atoms with Gasteiger partial charge in [0.25, 0.3) is 0 Å². The van der Waals surface area contributed by atoms with E-state index >= 15 is 0 Å². The Morgan fingerprint density at radius 1 is 0.963 bits per heavy atom. The van der Waals surface area contributed by atoms with Crippen LogP contribution in [0, 0.1) is 6.92 Å². The van der Waals surface area contributed by atoms with Crippen molar-refractivity contribution in [2.45, 2.75) is 24.4 Å². The lowest BCUT2D eigenvalue weighted by molar-refractivity contribution is 0.731. The first-order chi connectivity index (χ1) is 13.3. The van der Waals surface area contributed by atoms with Crippen molar-refractivity contribution in [3.05, 3.63) is 90.5 Å². The van der Waals surface area contributed by atoms with E-state index < -0.39 is 0 Å². The molecule has 0 aliphatic rings. The van der Waals surface area contributed by atoms with Crippen LogP contribution in [0.3, 0.4) is 0 Å². The SMILES string of the molecule is C=CCn1c(SCc2cccc3ccccc23)nnc1-c1ccccc1C. The standard InChI is InChI=1S/C23H21N3S/c1-3-15-26-22(20-13-6-4-9-17(20)2)24-25-23(26)27-16-19-12-8-11-18-10-5-7-14-21(18)19/h3-14H,1,15-16H2,2H3. The number of aromatic nitrogens is 3. The molecule has 0 radical (unpaired) electrons. The van der Waals surface area contributed by atoms with Crippen LogP contribution in [-0.4, -0.2) is 14.8 Å². The van der Waals surface area contributed by atoms with Crippen molar-refractivity contribution in [2.75, 3.05) is 0 Å². The van der Waals surface area contributed by atoms with E-state index in [9.17, 15) is 0 Å². The van der Waals surface area contributed by atoms with Crippen LogP contribution >= 0.6 is 11.8 Å². The van der Waals surface area contributed by atoms with E-state index in [0.717, 1.165) is 22.3 Å². The first kappa shape index (κ1) is 17.6. The van der Waals surface area contributed by atoms with Gasteiger partial charge in [0.1, 0.15) is 0 Å². The summed E-state index contributed by atoms with van der Waals surface area (Å²) < 4.78 is 2.14. The number of aryl methyl sites for hydroxylation is 1. The fourth-order valence-corrected chi connectivity index (χ4v) is 4.22. The largest absolute Gasteiger partial charge is 0.298 e. The molecule has 0 bridgehead atoms. The van der Waals surface area contributed by atoms with Crippen molar-refractivity contribution in [3.8, 4) is 11.4 Å². The number of nitrogens with zero attached hydrogens (tertiary/aromatic N) is 3. The van der Waals surface area contributed by atoms with E-state index in [2.05, 4.69) is 82.9 Å². The Labute approximate surface area is 163 Å². The van der Waals surface area contributed by atoms with Crippen LogP contribution in [0.15, 0.2) is 84.5 Å². The molecule has 0 saturated carbocycles. The van der Waals surface area contributed by atoms with Gasteiger partial charge in [-0.05, 0) is 28.8 Å². The maximum Gasteiger partial charge on any atom is 0.192 e. The van der Waals surface area contributed by atoms with Crippen LogP contribution in [0.1, 0.15) is 11.1 Å². The Kier molecular flexibility index (Phi) is 5.07. The van der Waals surface area contributed by atoms with Crippen molar-refractivity contribution in [1.29, 1.82) is 0 Å². The summed E-state index contributed by atoms with van der Waals surface area (Å²) in [5.74, 6) is 1.75. The molecule has 0 aliphatic carbocycles. The predicted molar refractivity (Wildman–Crippen MR) is 114 cm³/mol. The minimum Gasteiger partial charge on any atom is -0.298 e. The molecule has 1 aromatic heterocycles. The van der Waals surface area contributed by atoms with Gasteiger partial charge in [0, 0.05) is 17.9 Å².